The van der Waals surface area contributed by atoms with Gasteiger partial charge in [-0.3, -0.25) is 4.98 Å². The van der Waals surface area contributed by atoms with Gasteiger partial charge in [-0.2, -0.15) is 41.3 Å². The normalized spacial score (nSPS) is 18.3. The summed E-state index contributed by atoms with van der Waals surface area (Å²) < 4.78 is 77.8. The molecule has 8 nitrogen and oxygen atoms in total. The second-order valence-electron chi connectivity index (χ2n) is 6.82. The molecule has 2 unspecified atom stereocenters. The van der Waals surface area contributed by atoms with Crippen molar-refractivity contribution in [3.05, 3.63) is 47.9 Å². The van der Waals surface area contributed by atoms with E-state index in [9.17, 15) is 31.4 Å². The molecule has 0 saturated heterocycles. The molecule has 0 aliphatic heterocycles. The van der Waals surface area contributed by atoms with Crippen LogP contribution in [0, 0.1) is 0 Å². The number of nitrogens with zero attached hydrogens (tertiary/aromatic N) is 5. The first kappa shape index (κ1) is 21.7. The standard InChI is InChI=1S/C18H13F6N7O/c19-17(20,21)12-3-1-2-9(27-12)14-29-15(31-16(30-14)28-10-7-11(10)32)26-8-4-5-25-13(6-8)18(22,23)24/h1-6,10-11,32H,7H2,(H2,25,26,28,29,30,31). The summed E-state index contributed by atoms with van der Waals surface area (Å²) in [5.41, 5.74) is -2.61. The van der Waals surface area contributed by atoms with Crippen molar-refractivity contribution in [2.45, 2.75) is 30.9 Å². The molecule has 0 radical (unpaired) electrons. The largest absolute Gasteiger partial charge is 0.433 e. The molecular formula is C18H13F6N7O. The Morgan fingerprint density at radius 2 is 1.56 bits per heavy atom. The molecule has 0 bridgehead atoms. The zero-order valence-electron chi connectivity index (χ0n) is 15.8. The van der Waals surface area contributed by atoms with Crippen LogP contribution in [0.5, 0.6) is 0 Å². The third-order valence-corrected chi connectivity index (χ3v) is 4.28. The minimum absolute atomic E-state index is 0.0566. The molecule has 1 aliphatic rings. The highest BCUT2D eigenvalue weighted by Crippen LogP contribution is 2.31. The SMILES string of the molecule is OC1CC1Nc1nc(Nc2ccnc(C(F)(F)F)c2)nc(-c2cccc(C(F)(F)F)n2)n1. The zero-order valence-corrected chi connectivity index (χ0v) is 15.8. The van der Waals surface area contributed by atoms with Gasteiger partial charge in [-0.05, 0) is 30.7 Å². The number of rotatable bonds is 5. The van der Waals surface area contributed by atoms with Crippen molar-refractivity contribution in [1.29, 1.82) is 0 Å². The highest BCUT2D eigenvalue weighted by atomic mass is 19.4. The zero-order chi connectivity index (χ0) is 23.1. The number of anilines is 3. The fourth-order valence-corrected chi connectivity index (χ4v) is 2.62. The smallest absolute Gasteiger partial charge is 0.391 e. The minimum atomic E-state index is -4.70. The molecule has 3 heterocycles. The monoisotopic (exact) mass is 457 g/mol. The van der Waals surface area contributed by atoms with Crippen molar-refractivity contribution in [3.63, 3.8) is 0 Å². The summed E-state index contributed by atoms with van der Waals surface area (Å²) in [7, 11) is 0. The van der Waals surface area contributed by atoms with E-state index in [2.05, 4.69) is 35.6 Å². The molecule has 4 rings (SSSR count). The van der Waals surface area contributed by atoms with Gasteiger partial charge < -0.3 is 15.7 Å². The average molecular weight is 457 g/mol. The summed E-state index contributed by atoms with van der Waals surface area (Å²) >= 11 is 0. The van der Waals surface area contributed by atoms with Crippen molar-refractivity contribution >= 4 is 17.6 Å². The van der Waals surface area contributed by atoms with Crippen molar-refractivity contribution in [2.24, 2.45) is 0 Å². The Morgan fingerprint density at radius 1 is 0.875 bits per heavy atom. The number of pyridine rings is 2. The van der Waals surface area contributed by atoms with Crippen LogP contribution in [0.3, 0.4) is 0 Å². The fourth-order valence-electron chi connectivity index (χ4n) is 2.62. The first-order chi connectivity index (χ1) is 15.0. The summed E-state index contributed by atoms with van der Waals surface area (Å²) in [6, 6.07) is 4.74. The van der Waals surface area contributed by atoms with E-state index in [1.807, 2.05) is 0 Å². The molecule has 3 aromatic rings. The number of aliphatic hydroxyl groups excluding tert-OH is 1. The predicted octanol–water partition coefficient (Wildman–Crippen LogP) is 3.65. The topological polar surface area (TPSA) is 109 Å². The molecule has 32 heavy (non-hydrogen) atoms. The Morgan fingerprint density at radius 3 is 2.22 bits per heavy atom. The van der Waals surface area contributed by atoms with E-state index in [4.69, 9.17) is 0 Å². The van der Waals surface area contributed by atoms with Crippen LogP contribution in [-0.2, 0) is 12.4 Å². The van der Waals surface area contributed by atoms with Gasteiger partial charge in [0.1, 0.15) is 17.1 Å². The van der Waals surface area contributed by atoms with Gasteiger partial charge in [0.05, 0.1) is 12.1 Å². The van der Waals surface area contributed by atoms with Crippen LogP contribution in [-0.4, -0.2) is 42.2 Å². The Hall–Kier alpha value is -3.55. The highest BCUT2D eigenvalue weighted by Gasteiger charge is 2.36. The van der Waals surface area contributed by atoms with E-state index in [1.165, 1.54) is 12.1 Å². The van der Waals surface area contributed by atoms with Gasteiger partial charge in [-0.15, -0.1) is 0 Å². The highest BCUT2D eigenvalue weighted by molar-refractivity contribution is 5.59. The van der Waals surface area contributed by atoms with Crippen LogP contribution in [0.15, 0.2) is 36.5 Å². The molecule has 1 saturated carbocycles. The van der Waals surface area contributed by atoms with Gasteiger partial charge in [-0.1, -0.05) is 6.07 Å². The second kappa shape index (κ2) is 7.85. The summed E-state index contributed by atoms with van der Waals surface area (Å²) in [5.74, 6) is -0.592. The van der Waals surface area contributed by atoms with Crippen LogP contribution in [0.2, 0.25) is 0 Å². The quantitative estimate of drug-likeness (QED) is 0.499. The number of halogens is 6. The Labute approximate surface area is 175 Å². The van der Waals surface area contributed by atoms with E-state index in [0.717, 1.165) is 24.4 Å². The van der Waals surface area contributed by atoms with Crippen LogP contribution < -0.4 is 10.6 Å². The van der Waals surface area contributed by atoms with Crippen LogP contribution in [0.4, 0.5) is 43.9 Å². The number of aromatic nitrogens is 5. The van der Waals surface area contributed by atoms with E-state index < -0.39 is 29.8 Å². The molecule has 0 amide bonds. The predicted molar refractivity (Wildman–Crippen MR) is 98.6 cm³/mol. The van der Waals surface area contributed by atoms with E-state index in [-0.39, 0.29) is 35.1 Å². The van der Waals surface area contributed by atoms with Gasteiger partial charge in [0.25, 0.3) is 0 Å². The maximum Gasteiger partial charge on any atom is 0.433 e. The van der Waals surface area contributed by atoms with Gasteiger partial charge in [-0.25, -0.2) is 4.98 Å². The lowest BCUT2D eigenvalue weighted by molar-refractivity contribution is -0.141. The van der Waals surface area contributed by atoms with Crippen molar-refractivity contribution in [2.75, 3.05) is 10.6 Å². The van der Waals surface area contributed by atoms with Crippen molar-refractivity contribution in [3.8, 4) is 11.5 Å². The number of hydrogen-bond donors (Lipinski definition) is 3. The van der Waals surface area contributed by atoms with Gasteiger partial charge in [0, 0.05) is 11.9 Å². The molecule has 2 atom stereocenters. The fraction of sp³-hybridized carbons (Fsp3) is 0.278. The maximum absolute atomic E-state index is 13.0. The lowest BCUT2D eigenvalue weighted by Gasteiger charge is -2.12. The number of aliphatic hydroxyl groups is 1. The molecule has 14 heteroatoms. The van der Waals surface area contributed by atoms with E-state index in [0.29, 0.717) is 6.42 Å². The molecule has 1 aliphatic carbocycles. The Balaban J connectivity index is 1.71. The first-order valence-electron chi connectivity index (χ1n) is 9.04. The minimum Gasteiger partial charge on any atom is -0.391 e. The average Bonchev–Trinajstić information content (AvgIpc) is 3.41. The maximum atomic E-state index is 13.0. The molecule has 3 N–H and O–H groups in total. The summed E-state index contributed by atoms with van der Waals surface area (Å²) in [5, 5.41) is 14.9. The Kier molecular flexibility index (Phi) is 5.32. The van der Waals surface area contributed by atoms with E-state index in [1.54, 1.807) is 0 Å². The molecule has 3 aromatic heterocycles. The second-order valence-corrected chi connectivity index (χ2v) is 6.82. The third-order valence-electron chi connectivity index (χ3n) is 4.28. The van der Waals surface area contributed by atoms with Crippen LogP contribution >= 0.6 is 0 Å². The Bertz CT molecular complexity index is 1140. The summed E-state index contributed by atoms with van der Waals surface area (Å²) in [4.78, 5) is 18.8. The molecule has 0 spiro atoms. The van der Waals surface area contributed by atoms with Gasteiger partial charge in [0.15, 0.2) is 5.82 Å². The number of alkyl halides is 6. The third kappa shape index (κ3) is 5.01. The van der Waals surface area contributed by atoms with Gasteiger partial charge >= 0.3 is 12.4 Å². The summed E-state index contributed by atoms with van der Waals surface area (Å²) in [6.45, 7) is 0. The molecule has 1 fully saturated rings. The van der Waals surface area contributed by atoms with Gasteiger partial charge in [0.2, 0.25) is 11.9 Å². The number of nitrogens with one attached hydrogen (secondary N) is 2. The lowest BCUT2D eigenvalue weighted by Crippen LogP contribution is -2.13. The molecule has 0 aromatic carbocycles. The molecule has 168 valence electrons. The van der Waals surface area contributed by atoms with Crippen LogP contribution in [0.1, 0.15) is 17.8 Å². The first-order valence-corrected chi connectivity index (χ1v) is 9.04. The van der Waals surface area contributed by atoms with E-state index >= 15 is 0 Å². The lowest BCUT2D eigenvalue weighted by atomic mass is 10.3. The van der Waals surface area contributed by atoms with Crippen molar-refractivity contribution in [1.82, 2.24) is 24.9 Å². The number of hydrogen-bond acceptors (Lipinski definition) is 8. The van der Waals surface area contributed by atoms with Crippen LogP contribution in [0.25, 0.3) is 11.5 Å². The molecular weight excluding hydrogens is 444 g/mol. The summed E-state index contributed by atoms with van der Waals surface area (Å²) in [6.07, 6.45) is -8.69. The van der Waals surface area contributed by atoms with Crippen molar-refractivity contribution < 1.29 is 31.4 Å².